The molecule has 0 aromatic heterocycles. The van der Waals surface area contributed by atoms with E-state index in [0.717, 1.165) is 6.92 Å². The van der Waals surface area contributed by atoms with Crippen molar-refractivity contribution in [1.82, 2.24) is 16.0 Å². The standard InChI is InChI=1S/C30H53N3O16/c1-11(2)43-25-16(8-34)46-29(20(22(25)40)32-14(6)38)49-27-18(10-36)47-30(21(24(27)42)33-15(7)39)48-26-17(9-35)45-28(44-12(3)4)19(23(26)41)31-13(5)37/h11-12,16-30,34-36,40-42H,8-10H2,1-7H3,(H,31,37)(H,32,38)(H,33,39)/t16?,17?,18?,19?,20?,21?,22-,23-,24-,25-,26-,27-,28-,29+,30+/m1/s1. The molecule has 3 fully saturated rings. The van der Waals surface area contributed by atoms with Gasteiger partial charge in [-0.3, -0.25) is 14.4 Å². The molecular formula is C30H53N3O16. The molecule has 0 radical (unpaired) electrons. The number of ether oxygens (including phenoxy) is 7. The molecule has 15 atom stereocenters. The Morgan fingerprint density at radius 1 is 0.551 bits per heavy atom. The van der Waals surface area contributed by atoms with Crippen LogP contribution in [0.2, 0.25) is 0 Å². The highest BCUT2D eigenvalue weighted by Gasteiger charge is 2.55. The van der Waals surface area contributed by atoms with E-state index in [4.69, 9.17) is 33.2 Å². The second kappa shape index (κ2) is 18.4. The zero-order valence-electron chi connectivity index (χ0n) is 28.7. The average molecular weight is 712 g/mol. The van der Waals surface area contributed by atoms with E-state index < -0.39 is 142 Å². The molecule has 0 spiro atoms. The van der Waals surface area contributed by atoms with E-state index in [1.165, 1.54) is 13.8 Å². The summed E-state index contributed by atoms with van der Waals surface area (Å²) >= 11 is 0. The predicted octanol–water partition coefficient (Wildman–Crippen LogP) is -4.28. The Morgan fingerprint density at radius 3 is 1.18 bits per heavy atom. The number of aliphatic hydroxyl groups is 6. The van der Waals surface area contributed by atoms with E-state index in [-0.39, 0.29) is 0 Å². The summed E-state index contributed by atoms with van der Waals surface area (Å²) < 4.78 is 41.3. The van der Waals surface area contributed by atoms with Crippen molar-refractivity contribution in [3.8, 4) is 0 Å². The summed E-state index contributed by atoms with van der Waals surface area (Å²) in [5, 5.41) is 72.4. The first-order valence-corrected chi connectivity index (χ1v) is 16.3. The smallest absolute Gasteiger partial charge is 0.217 e. The maximum atomic E-state index is 12.3. The van der Waals surface area contributed by atoms with Crippen LogP contribution in [0, 0.1) is 0 Å². The Hall–Kier alpha value is -2.11. The van der Waals surface area contributed by atoms with E-state index >= 15 is 0 Å². The van der Waals surface area contributed by atoms with Gasteiger partial charge >= 0.3 is 0 Å². The van der Waals surface area contributed by atoms with E-state index in [9.17, 15) is 45.0 Å². The molecule has 0 aromatic carbocycles. The van der Waals surface area contributed by atoms with Crippen LogP contribution in [0.25, 0.3) is 0 Å². The van der Waals surface area contributed by atoms with Crippen molar-refractivity contribution in [2.75, 3.05) is 19.8 Å². The van der Waals surface area contributed by atoms with E-state index in [1.54, 1.807) is 27.7 Å². The van der Waals surface area contributed by atoms with Gasteiger partial charge < -0.3 is 79.7 Å². The second-order valence-electron chi connectivity index (χ2n) is 12.9. The van der Waals surface area contributed by atoms with Crippen molar-refractivity contribution in [3.63, 3.8) is 0 Å². The molecule has 3 aliphatic heterocycles. The lowest BCUT2D eigenvalue weighted by Crippen LogP contribution is -2.71. The highest BCUT2D eigenvalue weighted by molar-refractivity contribution is 5.74. The maximum Gasteiger partial charge on any atom is 0.217 e. The number of carbonyl (C=O) groups is 3. The van der Waals surface area contributed by atoms with Crippen LogP contribution in [-0.2, 0) is 47.5 Å². The van der Waals surface area contributed by atoms with Crippen molar-refractivity contribution in [1.29, 1.82) is 0 Å². The molecule has 0 bridgehead atoms. The van der Waals surface area contributed by atoms with Gasteiger partial charge in [0.05, 0.1) is 32.0 Å². The topological polar surface area (TPSA) is 273 Å². The van der Waals surface area contributed by atoms with Gasteiger partial charge in [0, 0.05) is 20.8 Å². The molecule has 0 aromatic rings. The van der Waals surface area contributed by atoms with Crippen molar-refractivity contribution in [2.24, 2.45) is 0 Å². The van der Waals surface area contributed by atoms with Crippen molar-refractivity contribution in [3.05, 3.63) is 0 Å². The molecule has 3 heterocycles. The van der Waals surface area contributed by atoms with Gasteiger partial charge in [0.25, 0.3) is 0 Å². The van der Waals surface area contributed by atoms with Gasteiger partial charge in [-0.2, -0.15) is 0 Å². The lowest BCUT2D eigenvalue weighted by atomic mass is 9.93. The number of aliphatic hydroxyl groups excluding tert-OH is 6. The molecule has 3 saturated heterocycles. The molecule has 3 aliphatic rings. The lowest BCUT2D eigenvalue weighted by molar-refractivity contribution is -0.356. The molecule has 0 aliphatic carbocycles. The number of amides is 3. The quantitative estimate of drug-likeness (QED) is 0.0825. The third kappa shape index (κ3) is 10.5. The summed E-state index contributed by atoms with van der Waals surface area (Å²) in [6.45, 7) is 8.32. The minimum atomic E-state index is -1.73. The van der Waals surface area contributed by atoms with Crippen LogP contribution >= 0.6 is 0 Å². The molecule has 3 rings (SSSR count). The summed E-state index contributed by atoms with van der Waals surface area (Å²) in [6, 6.07) is -3.90. The summed E-state index contributed by atoms with van der Waals surface area (Å²) in [5.74, 6) is -1.73. The fraction of sp³-hybridized carbons (Fsp3) is 0.900. The largest absolute Gasteiger partial charge is 0.394 e. The molecule has 9 N–H and O–H groups in total. The monoisotopic (exact) mass is 711 g/mol. The molecule has 6 unspecified atom stereocenters. The minimum absolute atomic E-state index is 0.393. The molecule has 19 heteroatoms. The summed E-state index contributed by atoms with van der Waals surface area (Å²) in [5.41, 5.74) is 0. The predicted molar refractivity (Wildman–Crippen MR) is 164 cm³/mol. The molecule has 19 nitrogen and oxygen atoms in total. The van der Waals surface area contributed by atoms with Gasteiger partial charge in [-0.25, -0.2) is 0 Å². The first-order valence-electron chi connectivity index (χ1n) is 16.3. The fourth-order valence-electron chi connectivity index (χ4n) is 6.11. The average Bonchev–Trinajstić information content (AvgIpc) is 3.00. The van der Waals surface area contributed by atoms with Gasteiger partial charge in [-0.05, 0) is 27.7 Å². The minimum Gasteiger partial charge on any atom is -0.394 e. The molecular weight excluding hydrogens is 658 g/mol. The Balaban J connectivity index is 1.92. The van der Waals surface area contributed by atoms with Crippen molar-refractivity contribution >= 4 is 17.7 Å². The van der Waals surface area contributed by atoms with Crippen LogP contribution < -0.4 is 16.0 Å². The van der Waals surface area contributed by atoms with E-state index in [0.29, 0.717) is 0 Å². The second-order valence-corrected chi connectivity index (χ2v) is 12.9. The first-order chi connectivity index (χ1) is 23.0. The Bertz CT molecular complexity index is 1090. The highest BCUT2D eigenvalue weighted by Crippen LogP contribution is 2.33. The Labute approximate surface area is 284 Å². The SMILES string of the molecule is CC(=O)NC1[C@H](O[C@@H]2C(CO)O[C@@H](O[C@@H]3C(CO)O[C@@H](OC(C)C)C(NC(C)=O)[C@H]3O)C(NC(C)=O)[C@H]2O)OC(CO)[C@@H](OC(C)C)[C@@H]1O. The summed E-state index contributed by atoms with van der Waals surface area (Å²) in [6.07, 6.45) is -17.6. The van der Waals surface area contributed by atoms with Crippen LogP contribution in [0.1, 0.15) is 48.5 Å². The Kier molecular flexibility index (Phi) is 15.5. The van der Waals surface area contributed by atoms with Gasteiger partial charge in [0.15, 0.2) is 18.9 Å². The summed E-state index contributed by atoms with van der Waals surface area (Å²) in [4.78, 5) is 36.4. The normalized spacial score (nSPS) is 39.9. The lowest BCUT2D eigenvalue weighted by Gasteiger charge is -2.50. The molecule has 284 valence electrons. The Morgan fingerprint density at radius 2 is 0.857 bits per heavy atom. The molecule has 0 saturated carbocycles. The number of hydrogen-bond acceptors (Lipinski definition) is 16. The zero-order chi connectivity index (χ0) is 36.7. The van der Waals surface area contributed by atoms with Gasteiger partial charge in [-0.1, -0.05) is 0 Å². The van der Waals surface area contributed by atoms with Gasteiger partial charge in [-0.15, -0.1) is 0 Å². The zero-order valence-corrected chi connectivity index (χ0v) is 28.7. The number of hydrogen-bond donors (Lipinski definition) is 9. The van der Waals surface area contributed by atoms with Crippen LogP contribution in [0.15, 0.2) is 0 Å². The van der Waals surface area contributed by atoms with Crippen molar-refractivity contribution in [2.45, 2.75) is 153 Å². The molecule has 3 amide bonds. The molecule has 49 heavy (non-hydrogen) atoms. The van der Waals surface area contributed by atoms with Crippen LogP contribution in [0.5, 0.6) is 0 Å². The van der Waals surface area contributed by atoms with Crippen LogP contribution in [0.3, 0.4) is 0 Å². The number of carbonyl (C=O) groups excluding carboxylic acids is 3. The number of rotatable bonds is 14. The third-order valence-corrected chi connectivity index (χ3v) is 8.09. The fourth-order valence-corrected chi connectivity index (χ4v) is 6.11. The van der Waals surface area contributed by atoms with Crippen LogP contribution in [-0.4, -0.2) is 172 Å². The van der Waals surface area contributed by atoms with E-state index in [1.807, 2.05) is 0 Å². The summed E-state index contributed by atoms with van der Waals surface area (Å²) in [7, 11) is 0. The number of nitrogens with one attached hydrogen (secondary N) is 3. The van der Waals surface area contributed by atoms with Gasteiger partial charge in [0.2, 0.25) is 17.7 Å². The van der Waals surface area contributed by atoms with Crippen molar-refractivity contribution < 1.29 is 78.2 Å². The third-order valence-electron chi connectivity index (χ3n) is 8.09. The van der Waals surface area contributed by atoms with Gasteiger partial charge in [0.1, 0.15) is 73.1 Å². The maximum absolute atomic E-state index is 12.3. The highest BCUT2D eigenvalue weighted by atomic mass is 16.7. The van der Waals surface area contributed by atoms with E-state index in [2.05, 4.69) is 16.0 Å². The first kappa shape index (κ1) is 41.3. The van der Waals surface area contributed by atoms with Crippen LogP contribution in [0.4, 0.5) is 0 Å².